The van der Waals surface area contributed by atoms with Gasteiger partial charge in [-0.3, -0.25) is 9.59 Å². The highest BCUT2D eigenvalue weighted by Crippen LogP contribution is 2.40. The van der Waals surface area contributed by atoms with E-state index in [0.717, 1.165) is 48.8 Å². The lowest BCUT2D eigenvalue weighted by Crippen LogP contribution is -2.45. The van der Waals surface area contributed by atoms with E-state index in [9.17, 15) is 28.8 Å². The maximum Gasteiger partial charge on any atom is 0.374 e. The Bertz CT molecular complexity index is 1810. The molecule has 0 heterocycles. The summed E-state index contributed by atoms with van der Waals surface area (Å²) in [4.78, 5) is 74.0. The summed E-state index contributed by atoms with van der Waals surface area (Å²) in [6, 6.07) is 9.13. The lowest BCUT2D eigenvalue weighted by molar-refractivity contribution is -0.168. The Labute approximate surface area is 354 Å². The van der Waals surface area contributed by atoms with Crippen molar-refractivity contribution in [2.24, 2.45) is 11.3 Å². The average molecular weight is 835 g/mol. The minimum Gasteiger partial charge on any atom is -0.492 e. The van der Waals surface area contributed by atoms with Crippen LogP contribution in [0.5, 0.6) is 5.75 Å². The first-order valence-electron chi connectivity index (χ1n) is 21.3. The van der Waals surface area contributed by atoms with Crippen molar-refractivity contribution >= 4 is 35.4 Å². The van der Waals surface area contributed by atoms with E-state index in [1.807, 2.05) is 25.1 Å². The van der Waals surface area contributed by atoms with E-state index in [2.05, 4.69) is 20.1 Å². The van der Waals surface area contributed by atoms with Crippen LogP contribution in [0.4, 0.5) is 4.39 Å². The molecule has 11 nitrogen and oxygen atoms in total. The highest BCUT2D eigenvalue weighted by Gasteiger charge is 2.39. The lowest BCUT2D eigenvalue weighted by atomic mass is 9.76. The second-order valence-corrected chi connectivity index (χ2v) is 15.7. The number of carbonyl (C=O) groups excluding carboxylic acids is 6. The number of ether oxygens (including phenoxy) is 5. The number of halogens is 1. The first kappa shape index (κ1) is 49.2. The molecule has 12 heteroatoms. The van der Waals surface area contributed by atoms with Gasteiger partial charge in [0.15, 0.2) is 0 Å². The normalized spacial score (nSPS) is 15.0. The first-order chi connectivity index (χ1) is 28.7. The zero-order chi connectivity index (χ0) is 44.2. The molecule has 60 heavy (non-hydrogen) atoms. The van der Waals surface area contributed by atoms with Gasteiger partial charge in [-0.2, -0.15) is 0 Å². The Morgan fingerprint density at radius 1 is 0.750 bits per heavy atom. The molecule has 0 saturated heterocycles. The molecule has 0 aliphatic heterocycles. The number of benzene rings is 2. The topological polar surface area (TPSA) is 149 Å². The van der Waals surface area contributed by atoms with Crippen LogP contribution in [0.2, 0.25) is 0 Å². The Kier molecular flexibility index (Phi) is 20.4. The van der Waals surface area contributed by atoms with Crippen molar-refractivity contribution in [1.29, 1.82) is 0 Å². The predicted octanol–water partition coefficient (Wildman–Crippen LogP) is 9.10. The van der Waals surface area contributed by atoms with Crippen LogP contribution in [0.3, 0.4) is 0 Å². The number of hydrogen-bond acceptors (Lipinski definition) is 11. The lowest BCUT2D eigenvalue weighted by Gasteiger charge is -2.32. The fraction of sp³-hybridized carbons (Fsp3) is 0.542. The summed E-state index contributed by atoms with van der Waals surface area (Å²) >= 11 is 0. The van der Waals surface area contributed by atoms with Crippen molar-refractivity contribution < 1.29 is 56.8 Å². The number of carbonyl (C=O) groups is 6. The van der Waals surface area contributed by atoms with Crippen molar-refractivity contribution in [2.45, 2.75) is 124 Å². The predicted molar refractivity (Wildman–Crippen MR) is 226 cm³/mol. The molecular weight excluding hydrogens is 772 g/mol. The van der Waals surface area contributed by atoms with E-state index in [0.29, 0.717) is 47.6 Å². The van der Waals surface area contributed by atoms with E-state index in [-0.39, 0.29) is 30.8 Å². The molecule has 0 bridgehead atoms. The zero-order valence-electron chi connectivity index (χ0n) is 36.1. The van der Waals surface area contributed by atoms with Crippen LogP contribution in [0.25, 0.3) is 11.1 Å². The number of esters is 4. The van der Waals surface area contributed by atoms with Crippen LogP contribution < -0.4 is 4.74 Å². The molecule has 1 saturated carbocycles. The van der Waals surface area contributed by atoms with Crippen molar-refractivity contribution in [1.82, 2.24) is 0 Å². The molecule has 0 unspecified atom stereocenters. The molecular formula is C48H63FO11. The van der Waals surface area contributed by atoms with Gasteiger partial charge in [-0.1, -0.05) is 78.7 Å². The third kappa shape index (κ3) is 14.9. The van der Waals surface area contributed by atoms with E-state index in [1.165, 1.54) is 46.5 Å². The van der Waals surface area contributed by atoms with Crippen LogP contribution in [0.15, 0.2) is 55.1 Å². The van der Waals surface area contributed by atoms with Gasteiger partial charge >= 0.3 is 23.9 Å². The molecule has 1 fully saturated rings. The Hall–Kier alpha value is -5.13. The smallest absolute Gasteiger partial charge is 0.374 e. The fourth-order valence-corrected chi connectivity index (χ4v) is 7.21. The minimum absolute atomic E-state index is 0.0582. The average Bonchev–Trinajstić information content (AvgIpc) is 3.26. The molecule has 0 amide bonds. The largest absolute Gasteiger partial charge is 0.492 e. The van der Waals surface area contributed by atoms with Crippen LogP contribution in [0, 0.1) is 17.2 Å². The zero-order valence-corrected chi connectivity index (χ0v) is 36.1. The molecule has 0 N–H and O–H groups in total. The van der Waals surface area contributed by atoms with Crippen LogP contribution in [-0.2, 0) is 60.6 Å². The number of rotatable bonds is 26. The van der Waals surface area contributed by atoms with Crippen molar-refractivity contribution in [3.8, 4) is 16.9 Å². The maximum atomic E-state index is 16.3. The molecule has 328 valence electrons. The molecule has 0 aromatic heterocycles. The van der Waals surface area contributed by atoms with Gasteiger partial charge in [0.1, 0.15) is 43.4 Å². The highest BCUT2D eigenvalue weighted by molar-refractivity contribution is 6.33. The minimum atomic E-state index is -1.61. The van der Waals surface area contributed by atoms with Gasteiger partial charge in [0.2, 0.25) is 11.6 Å². The molecule has 3 rings (SSSR count). The molecule has 1 aliphatic carbocycles. The third-order valence-electron chi connectivity index (χ3n) is 11.0. The van der Waals surface area contributed by atoms with Gasteiger partial charge in [0.25, 0.3) is 0 Å². The van der Waals surface area contributed by atoms with Crippen LogP contribution in [0.1, 0.15) is 128 Å². The summed E-state index contributed by atoms with van der Waals surface area (Å²) in [7, 11) is 0. The van der Waals surface area contributed by atoms with Gasteiger partial charge in [0.05, 0.1) is 6.61 Å². The number of hydrogen-bond donors (Lipinski definition) is 0. The monoisotopic (exact) mass is 834 g/mol. The number of ketones is 2. The van der Waals surface area contributed by atoms with Gasteiger partial charge in [0, 0.05) is 30.1 Å². The Balaban J connectivity index is 2.04. The van der Waals surface area contributed by atoms with Crippen LogP contribution >= 0.6 is 0 Å². The molecule has 2 aromatic carbocycles. The fourth-order valence-electron chi connectivity index (χ4n) is 7.21. The molecule has 0 spiro atoms. The van der Waals surface area contributed by atoms with Crippen molar-refractivity contribution in [2.75, 3.05) is 33.0 Å². The summed E-state index contributed by atoms with van der Waals surface area (Å²) in [6.07, 6.45) is 11.3. The Morgan fingerprint density at radius 3 is 1.90 bits per heavy atom. The molecule has 0 radical (unpaired) electrons. The quantitative estimate of drug-likeness (QED) is 0.0294. The number of Topliss-reactive ketones (excluding diaryl/α,β-unsaturated/α-hetero) is 2. The van der Waals surface area contributed by atoms with Gasteiger partial charge in [-0.05, 0) is 104 Å². The summed E-state index contributed by atoms with van der Waals surface area (Å²) in [5.41, 5.74) is 1.90. The molecule has 1 aliphatic rings. The SMILES string of the molecule is C=CC(=O)OCCCc1cc(-c2ccc(C3CCC(CCCCC)CC3)cc2F)c(CC)cc1OCC(COC(=O)C(=C)C)(COC(=O)C(=O)CC)COC(=O)C(=O)CC. The second-order valence-electron chi connectivity index (χ2n) is 15.7. The van der Waals surface area contributed by atoms with Gasteiger partial charge < -0.3 is 23.7 Å². The van der Waals surface area contributed by atoms with Crippen LogP contribution in [-0.4, -0.2) is 68.5 Å². The van der Waals surface area contributed by atoms with E-state index >= 15 is 4.39 Å². The second kappa shape index (κ2) is 24.8. The summed E-state index contributed by atoms with van der Waals surface area (Å²) in [5.74, 6) is -4.26. The Morgan fingerprint density at radius 2 is 1.37 bits per heavy atom. The first-order valence-corrected chi connectivity index (χ1v) is 21.3. The van der Waals surface area contributed by atoms with E-state index < -0.39 is 67.3 Å². The summed E-state index contributed by atoms with van der Waals surface area (Å²) < 4.78 is 44.1. The van der Waals surface area contributed by atoms with Crippen molar-refractivity contribution in [3.63, 3.8) is 0 Å². The van der Waals surface area contributed by atoms with E-state index in [4.69, 9.17) is 23.7 Å². The summed E-state index contributed by atoms with van der Waals surface area (Å²) in [5, 5.41) is 0. The number of unbranched alkanes of at least 4 members (excludes halogenated alkanes) is 2. The highest BCUT2D eigenvalue weighted by atomic mass is 19.1. The third-order valence-corrected chi connectivity index (χ3v) is 11.0. The van der Waals surface area contributed by atoms with E-state index in [1.54, 1.807) is 12.1 Å². The van der Waals surface area contributed by atoms with Gasteiger partial charge in [-0.15, -0.1) is 0 Å². The molecule has 0 atom stereocenters. The molecule has 2 aromatic rings. The number of aryl methyl sites for hydroxylation is 2. The summed E-state index contributed by atoms with van der Waals surface area (Å²) in [6.45, 7) is 13.5. The van der Waals surface area contributed by atoms with Crippen molar-refractivity contribution in [3.05, 3.63) is 77.6 Å². The van der Waals surface area contributed by atoms with Gasteiger partial charge in [-0.25, -0.2) is 23.6 Å². The maximum absolute atomic E-state index is 16.3. The standard InChI is InChI=1S/C48H63FO11/c1-8-13-14-16-33-18-20-35(21-19-33)36-22-23-38(40(49)26-36)39-25-37(17-15-24-56-44(52)12-5)43(27-34(39)9-2)57-28-48(29-58-45(53)32(6)7,30-59-46(54)41(50)10-3)31-60-47(55)42(51)11-4/h12,22-23,25-27,33,35H,5-6,8-11,13-21,24,28-31H2,1-4,7H3.